The maximum Gasteiger partial charge on any atom is 0.153 e. The van der Waals surface area contributed by atoms with Gasteiger partial charge in [-0.2, -0.15) is 0 Å². The molecule has 0 unspecified atom stereocenters. The van der Waals surface area contributed by atoms with Crippen LogP contribution in [0.25, 0.3) is 0 Å². The summed E-state index contributed by atoms with van der Waals surface area (Å²) in [7, 11) is 0. The molecule has 2 rings (SSSR count). The van der Waals surface area contributed by atoms with E-state index in [9.17, 15) is 4.79 Å². The first-order chi connectivity index (χ1) is 8.19. The number of benzene rings is 1. The summed E-state index contributed by atoms with van der Waals surface area (Å²) in [5, 5.41) is 0.942. The number of hydrogen-bond acceptors (Lipinski definition) is 3. The van der Waals surface area contributed by atoms with Gasteiger partial charge in [0.1, 0.15) is 11.5 Å². The lowest BCUT2D eigenvalue weighted by molar-refractivity contribution is 0.112. The summed E-state index contributed by atoms with van der Waals surface area (Å²) < 4.78 is 5.50. The van der Waals surface area contributed by atoms with Gasteiger partial charge in [-0.15, -0.1) is 0 Å². The predicted molar refractivity (Wildman–Crippen MR) is 66.2 cm³/mol. The molecular weight excluding hydrogens is 261 g/mol. The minimum atomic E-state index is 0.372. The molecule has 0 atom stereocenters. The van der Waals surface area contributed by atoms with Crippen LogP contribution in [0.15, 0.2) is 36.7 Å². The third-order valence-corrected chi connectivity index (χ3v) is 2.45. The van der Waals surface area contributed by atoms with E-state index in [4.69, 9.17) is 27.9 Å². The van der Waals surface area contributed by atoms with Crippen LogP contribution in [0.3, 0.4) is 0 Å². The summed E-state index contributed by atoms with van der Waals surface area (Å²) in [5.41, 5.74) is 0.411. The zero-order valence-corrected chi connectivity index (χ0v) is 10.1. The molecule has 0 spiro atoms. The summed E-state index contributed by atoms with van der Waals surface area (Å²) >= 11 is 11.6. The third kappa shape index (κ3) is 2.96. The first-order valence-corrected chi connectivity index (χ1v) is 5.48. The normalized spacial score (nSPS) is 10.0. The molecule has 0 amide bonds. The molecule has 1 aromatic carbocycles. The summed E-state index contributed by atoms with van der Waals surface area (Å²) in [6.45, 7) is 0. The highest BCUT2D eigenvalue weighted by Crippen LogP contribution is 2.28. The number of rotatable bonds is 3. The van der Waals surface area contributed by atoms with E-state index in [1.54, 1.807) is 24.3 Å². The lowest BCUT2D eigenvalue weighted by Crippen LogP contribution is -1.91. The number of aldehydes is 1. The molecule has 0 radical (unpaired) electrons. The fraction of sp³-hybridized carbons (Fsp3) is 0. The minimum Gasteiger partial charge on any atom is -0.455 e. The Kier molecular flexibility index (Phi) is 3.61. The second-order valence-corrected chi connectivity index (χ2v) is 4.11. The fourth-order valence-corrected chi connectivity index (χ4v) is 1.60. The molecular formula is C12H7Cl2NO2. The number of aromatic nitrogens is 1. The van der Waals surface area contributed by atoms with Crippen LogP contribution in [0.1, 0.15) is 10.4 Å². The number of pyridine rings is 1. The molecule has 2 aromatic rings. The molecule has 0 saturated carbocycles. The summed E-state index contributed by atoms with van der Waals surface area (Å²) in [6.07, 6.45) is 3.69. The predicted octanol–water partition coefficient (Wildman–Crippen LogP) is 3.99. The zero-order chi connectivity index (χ0) is 12.3. The number of nitrogens with zero attached hydrogens (tertiary/aromatic N) is 1. The van der Waals surface area contributed by atoms with Crippen molar-refractivity contribution in [2.75, 3.05) is 0 Å². The van der Waals surface area contributed by atoms with Gasteiger partial charge < -0.3 is 4.74 Å². The third-order valence-electron chi connectivity index (χ3n) is 2.01. The van der Waals surface area contributed by atoms with Gasteiger partial charge in [0, 0.05) is 23.4 Å². The molecule has 0 saturated heterocycles. The van der Waals surface area contributed by atoms with Crippen molar-refractivity contribution >= 4 is 29.5 Å². The average Bonchev–Trinajstić information content (AvgIpc) is 2.29. The molecule has 0 aliphatic heterocycles. The number of ether oxygens (including phenoxy) is 1. The Hall–Kier alpha value is -1.58. The van der Waals surface area contributed by atoms with E-state index in [0.29, 0.717) is 33.4 Å². The summed E-state index contributed by atoms with van der Waals surface area (Å²) in [6, 6.07) is 6.37. The SMILES string of the molecule is O=Cc1ccc(Cl)cc1Oc1cncc(Cl)c1. The van der Waals surface area contributed by atoms with Crippen molar-refractivity contribution < 1.29 is 9.53 Å². The number of carbonyl (C=O) groups is 1. The first-order valence-electron chi connectivity index (χ1n) is 4.72. The van der Waals surface area contributed by atoms with Gasteiger partial charge in [-0.05, 0) is 12.1 Å². The van der Waals surface area contributed by atoms with Crippen LogP contribution in [-0.4, -0.2) is 11.3 Å². The van der Waals surface area contributed by atoms with Gasteiger partial charge >= 0.3 is 0 Å². The second-order valence-electron chi connectivity index (χ2n) is 3.24. The van der Waals surface area contributed by atoms with Crippen molar-refractivity contribution in [2.45, 2.75) is 0 Å². The van der Waals surface area contributed by atoms with Crippen molar-refractivity contribution in [3.05, 3.63) is 52.3 Å². The maximum atomic E-state index is 10.8. The van der Waals surface area contributed by atoms with Gasteiger partial charge in [-0.3, -0.25) is 9.78 Å². The van der Waals surface area contributed by atoms with Crippen LogP contribution in [-0.2, 0) is 0 Å². The van der Waals surface area contributed by atoms with E-state index < -0.39 is 0 Å². The molecule has 0 N–H and O–H groups in total. The lowest BCUT2D eigenvalue weighted by Gasteiger charge is -2.07. The Morgan fingerprint density at radius 2 is 1.94 bits per heavy atom. The van der Waals surface area contributed by atoms with E-state index in [1.165, 1.54) is 12.4 Å². The monoisotopic (exact) mass is 267 g/mol. The highest BCUT2D eigenvalue weighted by Gasteiger charge is 2.06. The van der Waals surface area contributed by atoms with E-state index in [-0.39, 0.29) is 0 Å². The van der Waals surface area contributed by atoms with Gasteiger partial charge in [0.2, 0.25) is 0 Å². The van der Waals surface area contributed by atoms with Crippen LogP contribution in [0.2, 0.25) is 10.0 Å². The number of halogens is 2. The second kappa shape index (κ2) is 5.17. The van der Waals surface area contributed by atoms with Gasteiger partial charge in [-0.1, -0.05) is 23.2 Å². The fourth-order valence-electron chi connectivity index (χ4n) is 1.27. The van der Waals surface area contributed by atoms with Crippen molar-refractivity contribution in [1.82, 2.24) is 4.98 Å². The van der Waals surface area contributed by atoms with Gasteiger partial charge in [0.05, 0.1) is 16.8 Å². The molecule has 0 bridgehead atoms. The van der Waals surface area contributed by atoms with Gasteiger partial charge in [0.15, 0.2) is 6.29 Å². The maximum absolute atomic E-state index is 10.8. The quantitative estimate of drug-likeness (QED) is 0.790. The smallest absolute Gasteiger partial charge is 0.153 e. The largest absolute Gasteiger partial charge is 0.455 e. The Balaban J connectivity index is 2.35. The van der Waals surface area contributed by atoms with E-state index in [1.807, 2.05) is 0 Å². The van der Waals surface area contributed by atoms with Crippen molar-refractivity contribution in [2.24, 2.45) is 0 Å². The Labute approximate surface area is 108 Å². The first kappa shape index (κ1) is 11.9. The molecule has 1 aromatic heterocycles. The van der Waals surface area contributed by atoms with E-state index in [2.05, 4.69) is 4.98 Å². The van der Waals surface area contributed by atoms with Crippen LogP contribution >= 0.6 is 23.2 Å². The Bertz CT molecular complexity index is 558. The Morgan fingerprint density at radius 3 is 2.65 bits per heavy atom. The van der Waals surface area contributed by atoms with Crippen LogP contribution in [0.4, 0.5) is 0 Å². The molecule has 0 aliphatic carbocycles. The van der Waals surface area contributed by atoms with Crippen molar-refractivity contribution in [1.29, 1.82) is 0 Å². The summed E-state index contributed by atoms with van der Waals surface area (Å²) in [5.74, 6) is 0.819. The zero-order valence-electron chi connectivity index (χ0n) is 8.56. The molecule has 1 heterocycles. The van der Waals surface area contributed by atoms with Crippen LogP contribution in [0, 0.1) is 0 Å². The summed E-state index contributed by atoms with van der Waals surface area (Å²) in [4.78, 5) is 14.7. The molecule has 17 heavy (non-hydrogen) atoms. The van der Waals surface area contributed by atoms with Gasteiger partial charge in [0.25, 0.3) is 0 Å². The topological polar surface area (TPSA) is 39.2 Å². The Morgan fingerprint density at radius 1 is 1.12 bits per heavy atom. The molecule has 0 fully saturated rings. The molecule has 5 heteroatoms. The van der Waals surface area contributed by atoms with E-state index >= 15 is 0 Å². The van der Waals surface area contributed by atoms with E-state index in [0.717, 1.165) is 0 Å². The number of carbonyl (C=O) groups excluding carboxylic acids is 1. The van der Waals surface area contributed by atoms with Crippen LogP contribution < -0.4 is 4.74 Å². The average molecular weight is 268 g/mol. The number of hydrogen-bond donors (Lipinski definition) is 0. The van der Waals surface area contributed by atoms with Gasteiger partial charge in [-0.25, -0.2) is 0 Å². The van der Waals surface area contributed by atoms with Crippen LogP contribution in [0.5, 0.6) is 11.5 Å². The van der Waals surface area contributed by atoms with Crippen molar-refractivity contribution in [3.63, 3.8) is 0 Å². The highest BCUT2D eigenvalue weighted by atomic mass is 35.5. The minimum absolute atomic E-state index is 0.372. The lowest BCUT2D eigenvalue weighted by atomic mass is 10.2. The molecule has 0 aliphatic rings. The molecule has 86 valence electrons. The standard InChI is InChI=1S/C12H7Cl2NO2/c13-9-2-1-8(7-16)12(4-9)17-11-3-10(14)5-15-6-11/h1-7H. The molecule has 3 nitrogen and oxygen atoms in total. The van der Waals surface area contributed by atoms with Crippen molar-refractivity contribution in [3.8, 4) is 11.5 Å². The highest BCUT2D eigenvalue weighted by molar-refractivity contribution is 6.31.